The zero-order valence-corrected chi connectivity index (χ0v) is 23.5. The van der Waals surface area contributed by atoms with Crippen molar-refractivity contribution in [2.75, 3.05) is 13.1 Å². The second-order valence-electron chi connectivity index (χ2n) is 11.8. The van der Waals surface area contributed by atoms with Crippen molar-refractivity contribution in [1.82, 2.24) is 9.47 Å². The molecule has 1 aliphatic heterocycles. The number of rotatable bonds is 7. The summed E-state index contributed by atoms with van der Waals surface area (Å²) in [6, 6.07) is 7.26. The second kappa shape index (κ2) is 11.9. The molecule has 3 nitrogen and oxygen atoms in total. The molecule has 4 heteroatoms. The summed E-state index contributed by atoms with van der Waals surface area (Å²) in [5, 5.41) is 1.27. The molecule has 2 heterocycles. The quantitative estimate of drug-likeness (QED) is 0.350. The number of benzene rings is 1. The number of hydrogen-bond acceptors (Lipinski definition) is 2. The van der Waals surface area contributed by atoms with Gasteiger partial charge in [-0.25, -0.2) is 0 Å². The van der Waals surface area contributed by atoms with E-state index in [1.165, 1.54) is 113 Å². The first-order valence-corrected chi connectivity index (χ1v) is 15.5. The second-order valence-corrected chi connectivity index (χ2v) is 12.8. The van der Waals surface area contributed by atoms with Crippen molar-refractivity contribution in [3.63, 3.8) is 0 Å². The Bertz CT molecular complexity index is 999. The number of fused-ring (bicyclic) bond motifs is 1. The van der Waals surface area contributed by atoms with E-state index in [9.17, 15) is 4.79 Å². The molecule has 3 fully saturated rings. The van der Waals surface area contributed by atoms with Crippen LogP contribution in [0.5, 0.6) is 0 Å². The number of halogens is 1. The third-order valence-corrected chi connectivity index (χ3v) is 9.96. The number of carbonyl (C=O) groups excluding carboxylic acids is 1. The Hall–Kier alpha value is -1.13. The van der Waals surface area contributed by atoms with Crippen molar-refractivity contribution in [3.05, 3.63) is 33.9 Å². The highest BCUT2D eigenvalue weighted by molar-refractivity contribution is 9.10. The van der Waals surface area contributed by atoms with Crippen LogP contribution in [0.4, 0.5) is 0 Å². The van der Waals surface area contributed by atoms with Crippen molar-refractivity contribution in [3.8, 4) is 0 Å². The molecule has 0 amide bonds. The first-order chi connectivity index (χ1) is 17.1. The van der Waals surface area contributed by atoms with Crippen molar-refractivity contribution in [2.45, 2.75) is 116 Å². The fourth-order valence-electron chi connectivity index (χ4n) is 7.51. The maximum absolute atomic E-state index is 13.6. The molecule has 2 aromatic rings. The predicted octanol–water partition coefficient (Wildman–Crippen LogP) is 8.69. The predicted molar refractivity (Wildman–Crippen MR) is 150 cm³/mol. The summed E-state index contributed by atoms with van der Waals surface area (Å²) in [6.45, 7) is 4.57. The van der Waals surface area contributed by atoms with E-state index >= 15 is 0 Å². The zero-order chi connectivity index (χ0) is 24.2. The summed E-state index contributed by atoms with van der Waals surface area (Å²) in [5.74, 6) is 1.83. The first kappa shape index (κ1) is 25.5. The monoisotopic (exact) mass is 540 g/mol. The van der Waals surface area contributed by atoms with Crippen molar-refractivity contribution in [1.29, 1.82) is 0 Å². The van der Waals surface area contributed by atoms with Crippen molar-refractivity contribution in [2.24, 2.45) is 11.8 Å². The van der Waals surface area contributed by atoms with Crippen LogP contribution in [0.15, 0.2) is 22.7 Å². The Kier molecular flexibility index (Phi) is 8.71. The Morgan fingerprint density at radius 2 is 1.60 bits per heavy atom. The highest BCUT2D eigenvalue weighted by Gasteiger charge is 2.28. The molecule has 0 N–H and O–H groups in total. The molecular weight excluding hydrogens is 496 g/mol. The number of likely N-dealkylation sites (tertiary alicyclic amines) is 1. The lowest BCUT2D eigenvalue weighted by Gasteiger charge is -2.38. The molecular formula is C31H45BrN2O. The molecule has 1 unspecified atom stereocenters. The Labute approximate surface area is 221 Å². The molecule has 3 aliphatic rings. The highest BCUT2D eigenvalue weighted by Crippen LogP contribution is 2.34. The minimum atomic E-state index is 0.307. The lowest BCUT2D eigenvalue weighted by molar-refractivity contribution is 0.0871. The molecule has 192 valence electrons. The van der Waals surface area contributed by atoms with Crippen LogP contribution in [-0.2, 0) is 6.42 Å². The van der Waals surface area contributed by atoms with Gasteiger partial charge < -0.3 is 4.90 Å². The van der Waals surface area contributed by atoms with Gasteiger partial charge in [0.1, 0.15) is 0 Å². The van der Waals surface area contributed by atoms with Crippen LogP contribution in [-0.4, -0.2) is 34.5 Å². The molecule has 2 aliphatic carbocycles. The fourth-order valence-corrected chi connectivity index (χ4v) is 7.87. The maximum Gasteiger partial charge on any atom is 0.231 e. The minimum Gasteiger partial charge on any atom is -0.300 e. The van der Waals surface area contributed by atoms with Gasteiger partial charge in [0, 0.05) is 34.6 Å². The first-order valence-electron chi connectivity index (χ1n) is 14.7. The number of piperidine rings is 1. The molecule has 2 saturated carbocycles. The number of hydrogen-bond donors (Lipinski definition) is 0. The molecule has 0 radical (unpaired) electrons. The topological polar surface area (TPSA) is 25.2 Å². The van der Waals surface area contributed by atoms with Gasteiger partial charge in [0.05, 0.1) is 5.52 Å². The molecule has 1 saturated heterocycles. The summed E-state index contributed by atoms with van der Waals surface area (Å²) >= 11 is 3.70. The normalized spacial score (nSPS) is 23.2. The van der Waals surface area contributed by atoms with E-state index in [-0.39, 0.29) is 0 Å². The summed E-state index contributed by atoms with van der Waals surface area (Å²) in [7, 11) is 0. The number of carbonyl (C=O) groups is 1. The third kappa shape index (κ3) is 6.06. The van der Waals surface area contributed by atoms with E-state index in [0.29, 0.717) is 18.2 Å². The van der Waals surface area contributed by atoms with Gasteiger partial charge in [-0.15, -0.1) is 0 Å². The van der Waals surface area contributed by atoms with Gasteiger partial charge >= 0.3 is 0 Å². The van der Waals surface area contributed by atoms with Gasteiger partial charge in [0.25, 0.3) is 0 Å². The van der Waals surface area contributed by atoms with Gasteiger partial charge in [-0.1, -0.05) is 73.7 Å². The lowest BCUT2D eigenvalue weighted by atomic mass is 9.82. The molecule has 1 atom stereocenters. The van der Waals surface area contributed by atoms with Crippen LogP contribution in [0.2, 0.25) is 0 Å². The van der Waals surface area contributed by atoms with Gasteiger partial charge in [0.15, 0.2) is 0 Å². The highest BCUT2D eigenvalue weighted by atomic mass is 79.9. The SMILES string of the molecule is Cc1c(CCN2CCCCC2CC2CCCCC2)c2cc(Br)ccc2n1C(=O)CC1CCCCC1. The fraction of sp³-hybridized carbons (Fsp3) is 0.710. The van der Waals surface area contributed by atoms with Crippen LogP contribution in [0.3, 0.4) is 0 Å². The van der Waals surface area contributed by atoms with Crippen LogP contribution in [0.1, 0.15) is 112 Å². The van der Waals surface area contributed by atoms with E-state index in [1.807, 2.05) is 0 Å². The van der Waals surface area contributed by atoms with Crippen molar-refractivity contribution >= 4 is 32.7 Å². The van der Waals surface area contributed by atoms with Crippen molar-refractivity contribution < 1.29 is 4.79 Å². The minimum absolute atomic E-state index is 0.307. The molecule has 0 spiro atoms. The van der Waals surface area contributed by atoms with Gasteiger partial charge in [0.2, 0.25) is 5.91 Å². The standard InChI is InChI=1S/C31H45BrN2O/c1-23-28(17-19-33-18-9-8-14-27(33)20-24-10-4-2-5-11-24)29-22-26(32)15-16-30(29)34(23)31(35)21-25-12-6-3-7-13-25/h15-16,22,24-25,27H,2-14,17-21H2,1H3. The third-order valence-electron chi connectivity index (χ3n) is 9.46. The molecule has 0 bridgehead atoms. The van der Waals surface area contributed by atoms with E-state index in [0.717, 1.165) is 34.9 Å². The van der Waals surface area contributed by atoms with E-state index < -0.39 is 0 Å². The zero-order valence-electron chi connectivity index (χ0n) is 21.9. The van der Waals surface area contributed by atoms with E-state index in [4.69, 9.17) is 0 Å². The van der Waals surface area contributed by atoms with E-state index in [2.05, 4.69) is 50.5 Å². The average molecular weight is 542 g/mol. The smallest absolute Gasteiger partial charge is 0.231 e. The molecule has 1 aromatic carbocycles. The number of aromatic nitrogens is 1. The van der Waals surface area contributed by atoms with Gasteiger partial charge in [-0.05, 0) is 87.6 Å². The summed E-state index contributed by atoms with van der Waals surface area (Å²) in [6.07, 6.45) is 20.9. The van der Waals surface area contributed by atoms with Gasteiger partial charge in [-0.2, -0.15) is 0 Å². The Balaban J connectivity index is 1.34. The summed E-state index contributed by atoms with van der Waals surface area (Å²) < 4.78 is 3.18. The Morgan fingerprint density at radius 3 is 2.34 bits per heavy atom. The molecule has 5 rings (SSSR count). The Morgan fingerprint density at radius 1 is 0.914 bits per heavy atom. The lowest BCUT2D eigenvalue weighted by Crippen LogP contribution is -2.42. The molecule has 1 aromatic heterocycles. The average Bonchev–Trinajstić information content (AvgIpc) is 3.15. The summed E-state index contributed by atoms with van der Waals surface area (Å²) in [5.41, 5.74) is 3.68. The molecule has 35 heavy (non-hydrogen) atoms. The van der Waals surface area contributed by atoms with Crippen LogP contribution in [0.25, 0.3) is 10.9 Å². The van der Waals surface area contributed by atoms with Crippen LogP contribution < -0.4 is 0 Å². The van der Waals surface area contributed by atoms with Gasteiger partial charge in [-0.3, -0.25) is 9.36 Å². The van der Waals surface area contributed by atoms with E-state index in [1.54, 1.807) is 0 Å². The largest absolute Gasteiger partial charge is 0.300 e. The maximum atomic E-state index is 13.6. The summed E-state index contributed by atoms with van der Waals surface area (Å²) in [4.78, 5) is 16.4. The van der Waals surface area contributed by atoms with Crippen LogP contribution >= 0.6 is 15.9 Å². The number of nitrogens with zero attached hydrogens (tertiary/aromatic N) is 2. The van der Waals surface area contributed by atoms with Crippen LogP contribution in [0, 0.1) is 18.8 Å².